The van der Waals surface area contributed by atoms with Gasteiger partial charge in [0, 0.05) is 0 Å². The summed E-state index contributed by atoms with van der Waals surface area (Å²) in [5.41, 5.74) is 0. The summed E-state index contributed by atoms with van der Waals surface area (Å²) in [6.45, 7) is 0.531. The smallest absolute Gasteiger partial charge is 0.294 e. The van der Waals surface area contributed by atoms with Gasteiger partial charge >= 0.3 is 6.18 Å². The third-order valence-corrected chi connectivity index (χ3v) is 1.23. The van der Waals surface area contributed by atoms with E-state index in [0.29, 0.717) is 6.92 Å². The first-order valence-electron chi connectivity index (χ1n) is 2.90. The Morgan fingerprint density at radius 2 is 1.75 bits per heavy atom. The Labute approximate surface area is 65.5 Å². The lowest BCUT2D eigenvalue weighted by molar-refractivity contribution is -0.179. The van der Waals surface area contributed by atoms with E-state index >= 15 is 0 Å². The number of halogens is 3. The zero-order valence-electron chi connectivity index (χ0n) is 6.01. The number of carbonyl (C=O) groups is 3. The van der Waals surface area contributed by atoms with Crippen LogP contribution in [0, 0.1) is 5.92 Å². The molecule has 12 heavy (non-hydrogen) atoms. The van der Waals surface area contributed by atoms with Crippen molar-refractivity contribution >= 4 is 17.9 Å². The highest BCUT2D eigenvalue weighted by Gasteiger charge is 2.43. The Balaban J connectivity index is 4.51. The molecule has 0 saturated heterocycles. The molecule has 68 valence electrons. The number of aldehydes is 1. The number of hydrogen-bond donors (Lipinski definition) is 0. The number of Topliss-reactive ketones (excluding diaryl/α,β-unsaturated/α-hetero) is 2. The predicted octanol–water partition coefficient (Wildman–Crippen LogP) is 0.522. The van der Waals surface area contributed by atoms with Crippen LogP contribution in [0.2, 0.25) is 0 Å². The molecule has 0 aliphatic rings. The molecule has 0 spiro atoms. The second kappa shape index (κ2) is 3.46. The molecule has 0 aliphatic heterocycles. The molecule has 0 radical (unpaired) electrons. The minimum Gasteiger partial charge on any atom is -0.294 e. The average Bonchev–Trinajstić information content (AvgIpc) is 1.98. The van der Waals surface area contributed by atoms with Crippen molar-refractivity contribution in [3.63, 3.8) is 0 Å². The van der Waals surface area contributed by atoms with Crippen LogP contribution in [0.1, 0.15) is 6.92 Å². The van der Waals surface area contributed by atoms with Gasteiger partial charge in [-0.15, -0.1) is 0 Å². The first-order valence-corrected chi connectivity index (χ1v) is 2.90. The van der Waals surface area contributed by atoms with E-state index in [9.17, 15) is 27.6 Å². The number of ketones is 2. The fraction of sp³-hybridized carbons (Fsp3) is 0.500. The molecule has 0 aromatic rings. The van der Waals surface area contributed by atoms with Gasteiger partial charge in [0.05, 0.1) is 0 Å². The largest absolute Gasteiger partial charge is 0.398 e. The molecule has 0 rings (SSSR count). The van der Waals surface area contributed by atoms with Gasteiger partial charge in [0.1, 0.15) is 5.92 Å². The molecule has 0 heterocycles. The number of hydrogen-bond acceptors (Lipinski definition) is 3. The Bertz CT molecular complexity index is 219. The van der Waals surface area contributed by atoms with Crippen molar-refractivity contribution in [2.45, 2.75) is 13.1 Å². The number of rotatable bonds is 3. The molecular formula is C6H5F3O3. The van der Waals surface area contributed by atoms with Crippen molar-refractivity contribution in [2.75, 3.05) is 0 Å². The maximum Gasteiger partial charge on any atom is 0.398 e. The normalized spacial score (nSPS) is 13.7. The molecule has 6 heteroatoms. The minimum atomic E-state index is -4.77. The molecule has 0 aromatic heterocycles. The molecule has 0 fully saturated rings. The van der Waals surface area contributed by atoms with Crippen molar-refractivity contribution in [3.8, 4) is 0 Å². The Morgan fingerprint density at radius 3 is 2.00 bits per heavy atom. The number of carbonyl (C=O) groups excluding carboxylic acids is 3. The molecule has 1 atom stereocenters. The highest BCUT2D eigenvalue weighted by molar-refractivity contribution is 6.58. The fourth-order valence-electron chi connectivity index (χ4n) is 0.420. The van der Waals surface area contributed by atoms with E-state index in [1.54, 1.807) is 0 Å². The van der Waals surface area contributed by atoms with Gasteiger partial charge in [0.15, 0.2) is 6.29 Å². The summed E-state index contributed by atoms with van der Waals surface area (Å²) in [4.78, 5) is 30.2. The summed E-state index contributed by atoms with van der Waals surface area (Å²) in [5, 5.41) is 0. The first kappa shape index (κ1) is 10.8. The molecule has 0 bridgehead atoms. The first-order chi connectivity index (χ1) is 5.30. The maximum absolute atomic E-state index is 11.7. The van der Waals surface area contributed by atoms with Gasteiger partial charge in [-0.05, 0) is 6.92 Å². The van der Waals surface area contributed by atoms with Gasteiger partial charge in [0.25, 0.3) is 5.78 Å². The number of alkyl halides is 3. The van der Waals surface area contributed by atoms with Crippen molar-refractivity contribution in [2.24, 2.45) is 5.92 Å². The Kier molecular flexibility index (Phi) is 3.12. The van der Waals surface area contributed by atoms with Crippen molar-refractivity contribution < 1.29 is 27.6 Å². The van der Waals surface area contributed by atoms with Gasteiger partial charge in [0.2, 0.25) is 5.78 Å². The van der Waals surface area contributed by atoms with Crippen molar-refractivity contribution in [1.29, 1.82) is 0 Å². The molecule has 0 N–H and O–H groups in total. The van der Waals surface area contributed by atoms with E-state index in [1.807, 2.05) is 0 Å². The van der Waals surface area contributed by atoms with E-state index in [-0.39, 0.29) is 0 Å². The van der Waals surface area contributed by atoms with Gasteiger partial charge in [-0.25, -0.2) is 0 Å². The zero-order chi connectivity index (χ0) is 9.94. The van der Waals surface area contributed by atoms with Crippen molar-refractivity contribution in [1.82, 2.24) is 0 Å². The molecule has 0 amide bonds. The molecule has 1 unspecified atom stereocenters. The lowest BCUT2D eigenvalue weighted by Crippen LogP contribution is -2.33. The topological polar surface area (TPSA) is 51.2 Å². The molecular weight excluding hydrogens is 177 g/mol. The van der Waals surface area contributed by atoms with E-state index in [4.69, 9.17) is 0 Å². The summed E-state index contributed by atoms with van der Waals surface area (Å²) >= 11 is 0. The highest BCUT2D eigenvalue weighted by Crippen LogP contribution is 2.26. The van der Waals surface area contributed by atoms with E-state index < -0.39 is 29.9 Å². The molecule has 0 saturated carbocycles. The fourth-order valence-corrected chi connectivity index (χ4v) is 0.420. The average molecular weight is 182 g/mol. The third kappa shape index (κ3) is 2.44. The van der Waals surface area contributed by atoms with Gasteiger partial charge in [-0.1, -0.05) is 0 Å². The summed E-state index contributed by atoms with van der Waals surface area (Å²) in [6, 6.07) is 0. The monoisotopic (exact) mass is 182 g/mol. The van der Waals surface area contributed by atoms with Crippen LogP contribution in [0.15, 0.2) is 0 Å². The van der Waals surface area contributed by atoms with Crippen molar-refractivity contribution in [3.05, 3.63) is 0 Å². The summed E-state index contributed by atoms with van der Waals surface area (Å²) in [5.74, 6) is -5.78. The third-order valence-electron chi connectivity index (χ3n) is 1.23. The van der Waals surface area contributed by atoms with Crippen LogP contribution in [-0.4, -0.2) is 24.0 Å². The molecule has 3 nitrogen and oxygen atoms in total. The standard InChI is InChI=1S/C6H5F3O3/c1-3(6(7,8)9)5(12)4(11)2-10/h2-3H,1H3. The summed E-state index contributed by atoms with van der Waals surface area (Å²) in [6.07, 6.45) is -5.19. The lowest BCUT2D eigenvalue weighted by atomic mass is 10.0. The Hall–Kier alpha value is -1.20. The SMILES string of the molecule is CC(C(=O)C(=O)C=O)C(F)(F)F. The second-order valence-electron chi connectivity index (χ2n) is 2.11. The summed E-state index contributed by atoms with van der Waals surface area (Å²) in [7, 11) is 0. The van der Waals surface area contributed by atoms with Crippen LogP contribution in [0.4, 0.5) is 13.2 Å². The summed E-state index contributed by atoms with van der Waals surface area (Å²) < 4.78 is 35.1. The maximum atomic E-state index is 11.7. The highest BCUT2D eigenvalue weighted by atomic mass is 19.4. The van der Waals surface area contributed by atoms with Gasteiger partial charge in [-0.2, -0.15) is 13.2 Å². The second-order valence-corrected chi connectivity index (χ2v) is 2.11. The van der Waals surface area contributed by atoms with Crippen LogP contribution in [0.25, 0.3) is 0 Å². The van der Waals surface area contributed by atoms with Crippen LogP contribution in [0.5, 0.6) is 0 Å². The quantitative estimate of drug-likeness (QED) is 0.363. The molecule has 0 aromatic carbocycles. The van der Waals surface area contributed by atoms with Crippen LogP contribution in [0.3, 0.4) is 0 Å². The minimum absolute atomic E-state index is 0.426. The zero-order valence-corrected chi connectivity index (χ0v) is 6.01. The van der Waals surface area contributed by atoms with Crippen LogP contribution < -0.4 is 0 Å². The van der Waals surface area contributed by atoms with Gasteiger partial charge < -0.3 is 0 Å². The Morgan fingerprint density at radius 1 is 1.33 bits per heavy atom. The van der Waals surface area contributed by atoms with Crippen LogP contribution in [-0.2, 0) is 14.4 Å². The van der Waals surface area contributed by atoms with E-state index in [1.165, 1.54) is 0 Å². The predicted molar refractivity (Wildman–Crippen MR) is 31.3 cm³/mol. The molecule has 0 aliphatic carbocycles. The van der Waals surface area contributed by atoms with E-state index in [2.05, 4.69) is 0 Å². The lowest BCUT2D eigenvalue weighted by Gasteiger charge is -2.11. The van der Waals surface area contributed by atoms with Gasteiger partial charge in [-0.3, -0.25) is 14.4 Å². The van der Waals surface area contributed by atoms with Crippen LogP contribution >= 0.6 is 0 Å². The van der Waals surface area contributed by atoms with E-state index in [0.717, 1.165) is 0 Å².